The van der Waals surface area contributed by atoms with Crippen LogP contribution >= 0.6 is 23.5 Å². The van der Waals surface area contributed by atoms with Gasteiger partial charge in [-0.3, -0.25) is 0 Å². The van der Waals surface area contributed by atoms with Gasteiger partial charge in [-0.1, -0.05) is 39.5 Å². The fourth-order valence-corrected chi connectivity index (χ4v) is 8.08. The van der Waals surface area contributed by atoms with Crippen molar-refractivity contribution in [1.29, 1.82) is 0 Å². The summed E-state index contributed by atoms with van der Waals surface area (Å²) in [7, 11) is 0. The molecule has 2 aliphatic rings. The number of esters is 1. The molecule has 2 aromatic heterocycles. The number of carbonyl (C=O) groups is 2. The highest BCUT2D eigenvalue weighted by Crippen LogP contribution is 2.42. The van der Waals surface area contributed by atoms with Crippen LogP contribution in [0.3, 0.4) is 0 Å². The molecule has 4 aromatic rings. The Hall–Kier alpha value is -4.64. The maximum absolute atomic E-state index is 11.6. The zero-order chi connectivity index (χ0) is 34.3. The molecule has 0 atom stereocenters. The van der Waals surface area contributed by atoms with E-state index in [0.717, 1.165) is 29.1 Å². The molecular formula is C38H36N4O4S2. The third-order valence-electron chi connectivity index (χ3n) is 8.06. The Kier molecular flexibility index (Phi) is 10.9. The van der Waals surface area contributed by atoms with Crippen molar-refractivity contribution in [3.63, 3.8) is 0 Å². The molecule has 0 aliphatic carbocycles. The largest absolute Gasteiger partial charge is 0.476 e. The molecule has 2 aliphatic heterocycles. The zero-order valence-corrected chi connectivity index (χ0v) is 29.2. The second-order valence-corrected chi connectivity index (χ2v) is 14.8. The van der Waals surface area contributed by atoms with Crippen LogP contribution in [0.5, 0.6) is 0 Å². The van der Waals surface area contributed by atoms with Crippen LogP contribution in [0.4, 0.5) is 0 Å². The number of fused-ring (bicyclic) bond motifs is 2. The molecule has 4 heterocycles. The van der Waals surface area contributed by atoms with E-state index < -0.39 is 11.9 Å². The maximum atomic E-state index is 11.6. The van der Waals surface area contributed by atoms with E-state index in [1.54, 1.807) is 6.92 Å². The first-order valence-corrected chi connectivity index (χ1v) is 17.6. The maximum Gasteiger partial charge on any atom is 0.358 e. The minimum atomic E-state index is -1.09. The molecule has 2 aromatic carbocycles. The van der Waals surface area contributed by atoms with E-state index in [1.807, 2.05) is 35.7 Å². The van der Waals surface area contributed by atoms with Gasteiger partial charge < -0.3 is 9.84 Å². The Labute approximate surface area is 290 Å². The number of hydrogen-bond donors (Lipinski definition) is 1. The number of rotatable bonds is 3. The van der Waals surface area contributed by atoms with Crippen LogP contribution in [0.15, 0.2) is 71.0 Å². The summed E-state index contributed by atoms with van der Waals surface area (Å²) in [6.07, 6.45) is 7.83. The fraction of sp³-hybridized carbons (Fsp3) is 0.316. The van der Waals surface area contributed by atoms with Gasteiger partial charge in [0.1, 0.15) is 11.4 Å². The van der Waals surface area contributed by atoms with E-state index in [1.165, 1.54) is 52.1 Å². The Morgan fingerprint density at radius 2 is 1.21 bits per heavy atom. The highest BCUT2D eigenvalue weighted by molar-refractivity contribution is 7.99. The smallest absolute Gasteiger partial charge is 0.358 e. The number of aromatic nitrogens is 4. The lowest BCUT2D eigenvalue weighted by molar-refractivity contribution is 0.0518. The topological polar surface area (TPSA) is 115 Å². The van der Waals surface area contributed by atoms with Crippen molar-refractivity contribution >= 4 is 35.5 Å². The number of nitrogens with zero attached hydrogens (tertiary/aromatic N) is 4. The summed E-state index contributed by atoms with van der Waals surface area (Å²) in [5, 5.41) is 8.80. The number of carbonyl (C=O) groups excluding carboxylic acids is 1. The van der Waals surface area contributed by atoms with Gasteiger partial charge in [0.2, 0.25) is 0 Å². The summed E-state index contributed by atoms with van der Waals surface area (Å²) in [6, 6.07) is 12.7. The standard InChI is InChI=1S/C20H20N2O2S.C18H16N2O2S/c1-4-24-19(23)17-13-21-15(12-22-17)7-5-14-6-8-18-16(11-14)20(2,3)9-10-25-18;1-18(2)7-8-23-16-6-4-12(9-14(16)18)3-5-13-10-20-15(11-19-13)17(21)22/h6,8,11-13H,4,9-10H2,1-3H3;4,6,9-11H,7-8H2,1-2H3,(H,21,22). The van der Waals surface area contributed by atoms with Crippen molar-refractivity contribution in [3.05, 3.63) is 106 Å². The van der Waals surface area contributed by atoms with Crippen LogP contribution in [0.25, 0.3) is 0 Å². The molecule has 1 N–H and O–H groups in total. The summed E-state index contributed by atoms with van der Waals surface area (Å²) >= 11 is 3.80. The van der Waals surface area contributed by atoms with E-state index in [9.17, 15) is 9.59 Å². The van der Waals surface area contributed by atoms with Gasteiger partial charge in [0.05, 0.1) is 31.4 Å². The highest BCUT2D eigenvalue weighted by Gasteiger charge is 2.28. The Balaban J connectivity index is 0.000000188. The average molecular weight is 677 g/mol. The first-order chi connectivity index (χ1) is 22.9. The van der Waals surface area contributed by atoms with Crippen molar-refractivity contribution in [1.82, 2.24) is 19.9 Å². The molecule has 10 heteroatoms. The van der Waals surface area contributed by atoms with E-state index >= 15 is 0 Å². The highest BCUT2D eigenvalue weighted by atomic mass is 32.2. The van der Waals surface area contributed by atoms with Crippen molar-refractivity contribution in [2.45, 2.75) is 68.1 Å². The van der Waals surface area contributed by atoms with Gasteiger partial charge in [0, 0.05) is 20.9 Å². The number of benzene rings is 2. The molecule has 0 bridgehead atoms. The molecular weight excluding hydrogens is 641 g/mol. The van der Waals surface area contributed by atoms with Crippen LogP contribution in [0.1, 0.15) is 102 Å². The second kappa shape index (κ2) is 15.1. The summed E-state index contributed by atoms with van der Waals surface area (Å²) in [6.45, 7) is 11.2. The minimum absolute atomic E-state index is 0.0805. The minimum Gasteiger partial charge on any atom is -0.476 e. The molecule has 48 heavy (non-hydrogen) atoms. The summed E-state index contributed by atoms with van der Waals surface area (Å²) in [5.74, 6) is 12.9. The second-order valence-electron chi connectivity index (χ2n) is 12.5. The first kappa shape index (κ1) is 34.7. The number of thioether (sulfide) groups is 2. The molecule has 0 fully saturated rings. The number of carboxylic acid groups (broad SMARTS) is 1. The molecule has 8 nitrogen and oxygen atoms in total. The van der Waals surface area contributed by atoms with Crippen molar-refractivity contribution in [3.8, 4) is 23.7 Å². The summed E-state index contributed by atoms with van der Waals surface area (Å²) in [4.78, 5) is 41.1. The lowest BCUT2D eigenvalue weighted by Gasteiger charge is -2.32. The van der Waals surface area contributed by atoms with Gasteiger partial charge >= 0.3 is 11.9 Å². The molecule has 0 saturated heterocycles. The van der Waals surface area contributed by atoms with Crippen LogP contribution in [0.2, 0.25) is 0 Å². The Morgan fingerprint density at radius 3 is 1.62 bits per heavy atom. The van der Waals surface area contributed by atoms with E-state index in [4.69, 9.17) is 9.84 Å². The molecule has 244 valence electrons. The predicted molar refractivity (Wildman–Crippen MR) is 189 cm³/mol. The van der Waals surface area contributed by atoms with E-state index in [2.05, 4.69) is 95.6 Å². The van der Waals surface area contributed by atoms with E-state index in [0.29, 0.717) is 18.0 Å². The third kappa shape index (κ3) is 8.63. The van der Waals surface area contributed by atoms with Gasteiger partial charge in [0.15, 0.2) is 11.4 Å². The van der Waals surface area contributed by atoms with Gasteiger partial charge in [-0.05, 0) is 101 Å². The summed E-state index contributed by atoms with van der Waals surface area (Å²) in [5.41, 5.74) is 6.05. The molecule has 0 unspecified atom stereocenters. The lowest BCUT2D eigenvalue weighted by Crippen LogP contribution is -2.22. The lowest BCUT2D eigenvalue weighted by atomic mass is 9.81. The zero-order valence-electron chi connectivity index (χ0n) is 27.6. The molecule has 0 radical (unpaired) electrons. The molecule has 0 spiro atoms. The van der Waals surface area contributed by atoms with Crippen LogP contribution in [0, 0.1) is 23.7 Å². The van der Waals surface area contributed by atoms with E-state index in [-0.39, 0.29) is 22.2 Å². The van der Waals surface area contributed by atoms with Gasteiger partial charge in [-0.2, -0.15) is 0 Å². The molecule has 0 amide bonds. The SMILES string of the molecule is CC1(C)CCSc2ccc(C#Cc3cnc(C(=O)O)cn3)cc21.CCOC(=O)c1cnc(C#Cc2ccc3c(c2)C(C)(C)CCS3)cn1. The van der Waals surface area contributed by atoms with Crippen LogP contribution in [-0.4, -0.2) is 55.1 Å². The van der Waals surface area contributed by atoms with Crippen LogP contribution in [-0.2, 0) is 15.6 Å². The number of hydrogen-bond acceptors (Lipinski definition) is 9. The van der Waals surface area contributed by atoms with Crippen molar-refractivity contribution < 1.29 is 19.4 Å². The normalized spacial score (nSPS) is 15.0. The number of aromatic carboxylic acids is 1. The first-order valence-electron chi connectivity index (χ1n) is 15.6. The van der Waals surface area contributed by atoms with Crippen molar-refractivity contribution in [2.24, 2.45) is 0 Å². The predicted octanol–water partition coefficient (Wildman–Crippen LogP) is 7.17. The molecule has 6 rings (SSSR count). The Morgan fingerprint density at radius 1 is 0.729 bits per heavy atom. The van der Waals surface area contributed by atoms with Gasteiger partial charge in [-0.15, -0.1) is 23.5 Å². The number of carboxylic acids is 1. The summed E-state index contributed by atoms with van der Waals surface area (Å²) < 4.78 is 4.89. The third-order valence-corrected chi connectivity index (χ3v) is 10.2. The monoisotopic (exact) mass is 676 g/mol. The van der Waals surface area contributed by atoms with Gasteiger partial charge in [0.25, 0.3) is 0 Å². The quantitative estimate of drug-likeness (QED) is 0.177. The average Bonchev–Trinajstić information content (AvgIpc) is 3.07. The van der Waals surface area contributed by atoms with Gasteiger partial charge in [-0.25, -0.2) is 29.5 Å². The van der Waals surface area contributed by atoms with Crippen molar-refractivity contribution in [2.75, 3.05) is 18.1 Å². The molecule has 0 saturated carbocycles. The number of ether oxygens (including phenoxy) is 1. The fourth-order valence-electron chi connectivity index (χ4n) is 5.11. The van der Waals surface area contributed by atoms with Crippen LogP contribution < -0.4 is 0 Å². The Bertz CT molecular complexity index is 1950.